The minimum Gasteiger partial charge on any atom is -0.465 e. The molecule has 138 valence electrons. The SMILES string of the molecule is CCOC(=O)C1(C(=O)OCC)CC2=C[C@H](C(C)(C)C)[C@@H]3C=C[C@@]2(C1)O3. The molecule has 0 saturated heterocycles. The third kappa shape index (κ3) is 2.73. The molecule has 25 heavy (non-hydrogen) atoms. The summed E-state index contributed by atoms with van der Waals surface area (Å²) in [4.78, 5) is 25.5. The van der Waals surface area contributed by atoms with Gasteiger partial charge in [0.15, 0.2) is 5.41 Å². The predicted molar refractivity (Wildman–Crippen MR) is 92.7 cm³/mol. The lowest BCUT2D eigenvalue weighted by molar-refractivity contribution is -0.173. The van der Waals surface area contributed by atoms with Crippen LogP contribution < -0.4 is 0 Å². The molecule has 2 bridgehead atoms. The Morgan fingerprint density at radius 2 is 1.80 bits per heavy atom. The largest absolute Gasteiger partial charge is 0.465 e. The molecule has 1 spiro atoms. The topological polar surface area (TPSA) is 61.8 Å². The monoisotopic (exact) mass is 348 g/mol. The second kappa shape index (κ2) is 5.97. The van der Waals surface area contributed by atoms with Gasteiger partial charge in [0.05, 0.1) is 19.3 Å². The normalized spacial score (nSPS) is 32.1. The molecule has 1 aliphatic carbocycles. The summed E-state index contributed by atoms with van der Waals surface area (Å²) in [5.74, 6) is -0.814. The molecule has 5 heteroatoms. The first-order valence-corrected chi connectivity index (χ1v) is 9.11. The number of rotatable bonds is 4. The minimum atomic E-state index is -1.32. The van der Waals surface area contributed by atoms with Crippen molar-refractivity contribution in [3.63, 3.8) is 0 Å². The lowest BCUT2D eigenvalue weighted by Crippen LogP contribution is -2.43. The molecule has 0 aromatic carbocycles. The minimum absolute atomic E-state index is 0.0241. The van der Waals surface area contributed by atoms with Gasteiger partial charge in [0.1, 0.15) is 5.60 Å². The van der Waals surface area contributed by atoms with Crippen molar-refractivity contribution in [3.05, 3.63) is 23.8 Å². The Hall–Kier alpha value is -1.62. The van der Waals surface area contributed by atoms with E-state index in [1.165, 1.54) is 0 Å². The van der Waals surface area contributed by atoms with Gasteiger partial charge < -0.3 is 14.2 Å². The highest BCUT2D eigenvalue weighted by Gasteiger charge is 2.64. The van der Waals surface area contributed by atoms with E-state index in [2.05, 4.69) is 32.9 Å². The molecule has 5 nitrogen and oxygen atoms in total. The molecular formula is C20H28O5. The zero-order chi connectivity index (χ0) is 18.5. The average Bonchev–Trinajstić information content (AvgIpc) is 3.06. The number of esters is 2. The summed E-state index contributed by atoms with van der Waals surface area (Å²) in [6.45, 7) is 10.5. The lowest BCUT2D eigenvalue weighted by atomic mass is 9.75. The van der Waals surface area contributed by atoms with Crippen molar-refractivity contribution in [3.8, 4) is 0 Å². The fraction of sp³-hybridized carbons (Fsp3) is 0.700. The number of carbonyl (C=O) groups excluding carboxylic acids is 2. The maximum atomic E-state index is 12.7. The predicted octanol–water partition coefficient (Wildman–Crippen LogP) is 3.19. The summed E-state index contributed by atoms with van der Waals surface area (Å²) >= 11 is 0. The Morgan fingerprint density at radius 1 is 1.20 bits per heavy atom. The molecule has 0 radical (unpaired) electrons. The van der Waals surface area contributed by atoms with Crippen molar-refractivity contribution < 1.29 is 23.8 Å². The number of hydrogen-bond acceptors (Lipinski definition) is 5. The van der Waals surface area contributed by atoms with E-state index in [9.17, 15) is 9.59 Å². The van der Waals surface area contributed by atoms with Crippen LogP contribution in [0.5, 0.6) is 0 Å². The number of fused-ring (bicyclic) bond motifs is 1. The van der Waals surface area contributed by atoms with E-state index in [0.29, 0.717) is 6.42 Å². The van der Waals surface area contributed by atoms with Crippen molar-refractivity contribution in [1.82, 2.24) is 0 Å². The highest BCUT2D eigenvalue weighted by atomic mass is 16.6. The third-order valence-electron chi connectivity index (χ3n) is 5.57. The van der Waals surface area contributed by atoms with Crippen molar-refractivity contribution >= 4 is 11.9 Å². The zero-order valence-corrected chi connectivity index (χ0v) is 15.8. The average molecular weight is 348 g/mol. The van der Waals surface area contributed by atoms with E-state index in [4.69, 9.17) is 14.2 Å². The summed E-state index contributed by atoms with van der Waals surface area (Å²) in [6, 6.07) is 0. The van der Waals surface area contributed by atoms with Crippen molar-refractivity contribution in [2.24, 2.45) is 16.7 Å². The van der Waals surface area contributed by atoms with E-state index < -0.39 is 23.0 Å². The van der Waals surface area contributed by atoms with E-state index in [1.54, 1.807) is 13.8 Å². The molecule has 1 saturated carbocycles. The quantitative estimate of drug-likeness (QED) is 0.444. The van der Waals surface area contributed by atoms with Gasteiger partial charge in [-0.15, -0.1) is 0 Å². The third-order valence-corrected chi connectivity index (χ3v) is 5.57. The molecule has 3 atom stereocenters. The van der Waals surface area contributed by atoms with Crippen LogP contribution in [0.3, 0.4) is 0 Å². The van der Waals surface area contributed by atoms with Crippen molar-refractivity contribution in [1.29, 1.82) is 0 Å². The van der Waals surface area contributed by atoms with Crippen molar-refractivity contribution in [2.75, 3.05) is 13.2 Å². The van der Waals surface area contributed by atoms with Crippen LogP contribution in [0.15, 0.2) is 23.8 Å². The summed E-state index contributed by atoms with van der Waals surface area (Å²) in [6.07, 6.45) is 6.85. The molecular weight excluding hydrogens is 320 g/mol. The Kier molecular flexibility index (Phi) is 4.34. The molecule has 2 heterocycles. The number of ether oxygens (including phenoxy) is 3. The van der Waals surface area contributed by atoms with Gasteiger partial charge in [0, 0.05) is 12.3 Å². The smallest absolute Gasteiger partial charge is 0.323 e. The van der Waals surface area contributed by atoms with Crippen LogP contribution in [0.4, 0.5) is 0 Å². The second-order valence-corrected chi connectivity index (χ2v) is 8.29. The van der Waals surface area contributed by atoms with E-state index in [1.807, 2.05) is 6.08 Å². The van der Waals surface area contributed by atoms with Gasteiger partial charge in [-0.1, -0.05) is 39.0 Å². The van der Waals surface area contributed by atoms with E-state index in [0.717, 1.165) is 5.57 Å². The molecule has 3 aliphatic rings. The highest BCUT2D eigenvalue weighted by Crippen LogP contribution is 2.58. The number of carbonyl (C=O) groups is 2. The Labute approximate surface area is 149 Å². The van der Waals surface area contributed by atoms with Gasteiger partial charge in [-0.25, -0.2) is 0 Å². The van der Waals surface area contributed by atoms with Gasteiger partial charge in [-0.2, -0.15) is 0 Å². The Bertz CT molecular complexity index is 621. The first-order chi connectivity index (χ1) is 11.7. The van der Waals surface area contributed by atoms with E-state index >= 15 is 0 Å². The van der Waals surface area contributed by atoms with Crippen LogP contribution in [0.25, 0.3) is 0 Å². The Balaban J connectivity index is 2.02. The van der Waals surface area contributed by atoms with E-state index in [-0.39, 0.29) is 37.1 Å². The summed E-state index contributed by atoms with van der Waals surface area (Å²) in [7, 11) is 0. The van der Waals surface area contributed by atoms with Crippen LogP contribution in [0, 0.1) is 16.7 Å². The maximum Gasteiger partial charge on any atom is 0.323 e. The number of hydrogen-bond donors (Lipinski definition) is 0. The van der Waals surface area contributed by atoms with Crippen molar-refractivity contribution in [2.45, 2.75) is 59.2 Å². The first kappa shape index (κ1) is 18.2. The Morgan fingerprint density at radius 3 is 2.32 bits per heavy atom. The summed E-state index contributed by atoms with van der Waals surface area (Å²) in [5, 5.41) is 0. The first-order valence-electron chi connectivity index (χ1n) is 9.11. The van der Waals surface area contributed by atoms with Gasteiger partial charge in [0.25, 0.3) is 0 Å². The summed E-state index contributed by atoms with van der Waals surface area (Å²) < 4.78 is 16.9. The molecule has 0 aromatic rings. The van der Waals surface area contributed by atoms with Crippen LogP contribution in [-0.4, -0.2) is 36.9 Å². The zero-order valence-electron chi connectivity index (χ0n) is 15.8. The van der Waals surface area contributed by atoms with Gasteiger partial charge in [0.2, 0.25) is 0 Å². The second-order valence-electron chi connectivity index (χ2n) is 8.29. The molecule has 0 amide bonds. The summed E-state index contributed by atoms with van der Waals surface area (Å²) in [5.41, 5.74) is -0.966. The molecule has 0 N–H and O–H groups in total. The maximum absolute atomic E-state index is 12.7. The standard InChI is InChI=1S/C20H28O5/c1-6-23-16(21)19(17(22)24-7-2)11-13-10-14(18(3,4)5)15-8-9-20(13,12-19)25-15/h8-10,14-15H,6-7,11-12H2,1-5H3/t14-,15-,20-/m0/s1. The molecule has 0 unspecified atom stereocenters. The molecule has 3 rings (SSSR count). The fourth-order valence-electron chi connectivity index (χ4n) is 4.31. The van der Waals surface area contributed by atoms with Crippen LogP contribution in [0.2, 0.25) is 0 Å². The fourth-order valence-corrected chi connectivity index (χ4v) is 4.31. The van der Waals surface area contributed by atoms with Gasteiger partial charge in [-0.3, -0.25) is 9.59 Å². The molecule has 1 fully saturated rings. The molecule has 0 aromatic heterocycles. The van der Waals surface area contributed by atoms with Gasteiger partial charge >= 0.3 is 11.9 Å². The van der Waals surface area contributed by atoms with Crippen LogP contribution in [-0.2, 0) is 23.8 Å². The molecule has 2 aliphatic heterocycles. The van der Waals surface area contributed by atoms with Crippen LogP contribution >= 0.6 is 0 Å². The van der Waals surface area contributed by atoms with Gasteiger partial charge in [-0.05, 0) is 31.3 Å². The lowest BCUT2D eigenvalue weighted by Gasteiger charge is -2.40. The van der Waals surface area contributed by atoms with Crippen LogP contribution in [0.1, 0.15) is 47.5 Å². The highest BCUT2D eigenvalue weighted by molar-refractivity contribution is 6.01.